The second-order valence-corrected chi connectivity index (χ2v) is 10.1. The van der Waals surface area contributed by atoms with Gasteiger partial charge in [0, 0.05) is 67.8 Å². The molecular weight excluding hydrogens is 479 g/mol. The van der Waals surface area contributed by atoms with Crippen LogP contribution in [0.1, 0.15) is 25.7 Å². The van der Waals surface area contributed by atoms with E-state index >= 15 is 0 Å². The number of aromatic nitrogens is 3. The molecule has 36 heavy (non-hydrogen) atoms. The zero-order chi connectivity index (χ0) is 24.6. The van der Waals surface area contributed by atoms with Gasteiger partial charge in [0.05, 0.1) is 18.3 Å². The molecule has 4 heterocycles. The van der Waals surface area contributed by atoms with Gasteiger partial charge >= 0.3 is 0 Å². The van der Waals surface area contributed by atoms with Crippen molar-refractivity contribution in [3.05, 3.63) is 82.2 Å². The lowest BCUT2D eigenvalue weighted by Gasteiger charge is -2.48. The van der Waals surface area contributed by atoms with E-state index in [2.05, 4.69) is 15.0 Å². The smallest absolute Gasteiger partial charge is 0.282 e. The normalized spacial score (nSPS) is 16.9. The molecule has 6 rings (SSSR count). The van der Waals surface area contributed by atoms with Gasteiger partial charge in [-0.1, -0.05) is 18.2 Å². The number of thiazole rings is 1. The van der Waals surface area contributed by atoms with Crippen molar-refractivity contribution in [1.29, 1.82) is 0 Å². The molecule has 2 fully saturated rings. The van der Waals surface area contributed by atoms with Crippen molar-refractivity contribution < 1.29 is 14.0 Å². The third-order valence-corrected chi connectivity index (χ3v) is 7.78. The van der Waals surface area contributed by atoms with Crippen LogP contribution in [0.5, 0.6) is 0 Å². The van der Waals surface area contributed by atoms with Crippen molar-refractivity contribution >= 4 is 34.1 Å². The van der Waals surface area contributed by atoms with Crippen LogP contribution in [0.25, 0.3) is 10.9 Å². The molecule has 0 aliphatic carbocycles. The molecule has 2 saturated heterocycles. The van der Waals surface area contributed by atoms with Crippen molar-refractivity contribution in [1.82, 2.24) is 29.5 Å². The molecule has 2 aliphatic heterocycles. The Labute approximate surface area is 211 Å². The number of hydrogen-bond donors (Lipinski definition) is 0. The number of fused-ring (bicyclic) bond motifs is 1. The van der Waals surface area contributed by atoms with E-state index in [1.54, 1.807) is 24.5 Å². The van der Waals surface area contributed by atoms with Gasteiger partial charge in [-0.15, -0.1) is 11.3 Å². The van der Waals surface area contributed by atoms with Crippen molar-refractivity contribution in [2.75, 3.05) is 39.3 Å². The van der Waals surface area contributed by atoms with Gasteiger partial charge in [-0.05, 0) is 29.8 Å². The van der Waals surface area contributed by atoms with Crippen molar-refractivity contribution in [2.24, 2.45) is 0 Å². The summed E-state index contributed by atoms with van der Waals surface area (Å²) in [6, 6.07) is 12.4. The minimum absolute atomic E-state index is 0.00382. The standard InChI is InChI=1S/C26H25FN6O2S/c27-21-5-1-18(2-6-21)15-33-23-13-19(3-4-20(23)14-29-33)25(34)32-16-22(17-32)30-8-10-31(11-9-30)26(35)24-28-7-12-36-24/h1-7,12-14,22H,8-11,15-17H2. The predicted octanol–water partition coefficient (Wildman–Crippen LogP) is 2.96. The van der Waals surface area contributed by atoms with Gasteiger partial charge in [-0.25, -0.2) is 9.37 Å². The fourth-order valence-electron chi connectivity index (χ4n) is 4.88. The highest BCUT2D eigenvalue weighted by Gasteiger charge is 2.37. The Balaban J connectivity index is 1.06. The maximum absolute atomic E-state index is 13.2. The highest BCUT2D eigenvalue weighted by Crippen LogP contribution is 2.23. The van der Waals surface area contributed by atoms with Crippen LogP contribution >= 0.6 is 11.3 Å². The zero-order valence-electron chi connectivity index (χ0n) is 19.6. The number of carbonyl (C=O) groups is 2. The third-order valence-electron chi connectivity index (χ3n) is 7.02. The molecule has 0 unspecified atom stereocenters. The van der Waals surface area contributed by atoms with Gasteiger partial charge in [0.1, 0.15) is 5.82 Å². The number of rotatable bonds is 5. The summed E-state index contributed by atoms with van der Waals surface area (Å²) in [4.78, 5) is 35.9. The van der Waals surface area contributed by atoms with E-state index in [-0.39, 0.29) is 17.6 Å². The number of hydrogen-bond acceptors (Lipinski definition) is 6. The lowest BCUT2D eigenvalue weighted by Crippen LogP contribution is -2.64. The van der Waals surface area contributed by atoms with E-state index in [1.165, 1.54) is 23.5 Å². The summed E-state index contributed by atoms with van der Waals surface area (Å²) in [5.74, 6) is -0.250. The Hall–Kier alpha value is -3.63. The van der Waals surface area contributed by atoms with Crippen LogP contribution in [0, 0.1) is 5.82 Å². The molecule has 2 aliphatic rings. The molecule has 0 atom stereocenters. The molecule has 0 bridgehead atoms. The summed E-state index contributed by atoms with van der Waals surface area (Å²) >= 11 is 1.37. The van der Waals surface area contributed by atoms with Crippen LogP contribution in [-0.2, 0) is 6.54 Å². The first-order valence-electron chi connectivity index (χ1n) is 12.0. The number of nitrogens with zero attached hydrogens (tertiary/aromatic N) is 6. The first-order valence-corrected chi connectivity index (χ1v) is 12.9. The molecular formula is C26H25FN6O2S. The zero-order valence-corrected chi connectivity index (χ0v) is 20.4. The fraction of sp³-hybridized carbons (Fsp3) is 0.308. The van der Waals surface area contributed by atoms with E-state index in [0.29, 0.717) is 49.3 Å². The highest BCUT2D eigenvalue weighted by molar-refractivity contribution is 7.11. The number of piperazine rings is 1. The van der Waals surface area contributed by atoms with Crippen LogP contribution < -0.4 is 0 Å². The minimum Gasteiger partial charge on any atom is -0.335 e. The second kappa shape index (κ2) is 9.44. The largest absolute Gasteiger partial charge is 0.335 e. The first-order chi connectivity index (χ1) is 17.5. The molecule has 8 nitrogen and oxygen atoms in total. The van der Waals surface area contributed by atoms with Crippen molar-refractivity contribution in [3.63, 3.8) is 0 Å². The molecule has 0 saturated carbocycles. The van der Waals surface area contributed by atoms with Crippen LogP contribution in [-0.4, -0.2) is 86.6 Å². The molecule has 2 aromatic carbocycles. The maximum Gasteiger partial charge on any atom is 0.282 e. The summed E-state index contributed by atoms with van der Waals surface area (Å²) in [7, 11) is 0. The Morgan fingerprint density at radius 1 is 0.972 bits per heavy atom. The summed E-state index contributed by atoms with van der Waals surface area (Å²) in [6.45, 7) is 4.84. The van der Waals surface area contributed by atoms with E-state index in [9.17, 15) is 14.0 Å². The highest BCUT2D eigenvalue weighted by atomic mass is 32.1. The molecule has 0 N–H and O–H groups in total. The molecule has 0 radical (unpaired) electrons. The lowest BCUT2D eigenvalue weighted by molar-refractivity contribution is 0.00854. The summed E-state index contributed by atoms with van der Waals surface area (Å²) in [6.07, 6.45) is 3.44. The van der Waals surface area contributed by atoms with Crippen LogP contribution in [0.3, 0.4) is 0 Å². The Morgan fingerprint density at radius 3 is 2.47 bits per heavy atom. The number of benzene rings is 2. The third kappa shape index (κ3) is 4.38. The molecule has 184 valence electrons. The van der Waals surface area contributed by atoms with Gasteiger partial charge in [-0.2, -0.15) is 5.10 Å². The van der Waals surface area contributed by atoms with Gasteiger partial charge in [0.25, 0.3) is 11.8 Å². The van der Waals surface area contributed by atoms with E-state index < -0.39 is 0 Å². The minimum atomic E-state index is -0.268. The monoisotopic (exact) mass is 504 g/mol. The number of likely N-dealkylation sites (tertiary alicyclic amines) is 1. The van der Waals surface area contributed by atoms with Crippen LogP contribution in [0.15, 0.2) is 60.2 Å². The van der Waals surface area contributed by atoms with Crippen LogP contribution in [0.4, 0.5) is 4.39 Å². The average molecular weight is 505 g/mol. The molecule has 2 amide bonds. The van der Waals surface area contributed by atoms with Gasteiger partial charge < -0.3 is 9.80 Å². The average Bonchev–Trinajstić information content (AvgIpc) is 3.55. The van der Waals surface area contributed by atoms with Gasteiger partial charge in [0.2, 0.25) is 0 Å². The maximum atomic E-state index is 13.2. The quantitative estimate of drug-likeness (QED) is 0.418. The topological polar surface area (TPSA) is 74.6 Å². The number of carbonyl (C=O) groups excluding carboxylic acids is 2. The molecule has 10 heteroatoms. The van der Waals surface area contributed by atoms with Crippen LogP contribution in [0.2, 0.25) is 0 Å². The molecule has 0 spiro atoms. The van der Waals surface area contributed by atoms with Crippen molar-refractivity contribution in [2.45, 2.75) is 12.6 Å². The second-order valence-electron chi connectivity index (χ2n) is 9.23. The Morgan fingerprint density at radius 2 is 1.75 bits per heavy atom. The van der Waals surface area contributed by atoms with Gasteiger partial charge in [0.15, 0.2) is 5.01 Å². The SMILES string of the molecule is O=C(c1ccc2cnn(Cc3ccc(F)cc3)c2c1)N1CC(N2CCN(C(=O)c3nccs3)CC2)C1. The molecule has 2 aromatic heterocycles. The Bertz CT molecular complexity index is 1390. The molecule has 4 aromatic rings. The predicted molar refractivity (Wildman–Crippen MR) is 135 cm³/mol. The first kappa shape index (κ1) is 22.8. The summed E-state index contributed by atoms with van der Waals surface area (Å²) in [5, 5.41) is 7.78. The summed E-state index contributed by atoms with van der Waals surface area (Å²) < 4.78 is 15.1. The lowest BCUT2D eigenvalue weighted by atomic mass is 10.0. The number of halogens is 1. The Kier molecular flexibility index (Phi) is 5.98. The van der Waals surface area contributed by atoms with Gasteiger partial charge in [-0.3, -0.25) is 19.2 Å². The van der Waals surface area contributed by atoms with Crippen molar-refractivity contribution in [3.8, 4) is 0 Å². The van der Waals surface area contributed by atoms with E-state index in [0.717, 1.165) is 29.6 Å². The number of amides is 2. The fourth-order valence-corrected chi connectivity index (χ4v) is 5.48. The van der Waals surface area contributed by atoms with E-state index in [4.69, 9.17) is 0 Å². The summed E-state index contributed by atoms with van der Waals surface area (Å²) in [5.41, 5.74) is 2.46. The van der Waals surface area contributed by atoms with E-state index in [1.807, 2.05) is 38.1 Å².